The van der Waals surface area contributed by atoms with Gasteiger partial charge in [-0.1, -0.05) is 24.3 Å². The van der Waals surface area contributed by atoms with Gasteiger partial charge in [-0.25, -0.2) is 0 Å². The van der Waals surface area contributed by atoms with Crippen molar-refractivity contribution in [3.8, 4) is 0 Å². The van der Waals surface area contributed by atoms with Crippen molar-refractivity contribution in [2.45, 2.75) is 19.5 Å². The van der Waals surface area contributed by atoms with Gasteiger partial charge in [0.2, 0.25) is 0 Å². The Balaban J connectivity index is 2.22. The third kappa shape index (κ3) is 3.25. The van der Waals surface area contributed by atoms with Crippen LogP contribution in [0.1, 0.15) is 12.5 Å². The zero-order chi connectivity index (χ0) is 13.8. The first-order valence-corrected chi connectivity index (χ1v) is 6.58. The van der Waals surface area contributed by atoms with E-state index in [1.807, 2.05) is 6.07 Å². The van der Waals surface area contributed by atoms with Crippen LogP contribution in [-0.2, 0) is 11.3 Å². The van der Waals surface area contributed by atoms with Crippen molar-refractivity contribution >= 4 is 16.5 Å². The molecule has 2 rings (SSSR count). The number of nitrogens with two attached hydrogens (primary N) is 1. The quantitative estimate of drug-likeness (QED) is 0.838. The molecule has 0 spiro atoms. The van der Waals surface area contributed by atoms with Crippen molar-refractivity contribution in [1.82, 2.24) is 4.90 Å². The van der Waals surface area contributed by atoms with Crippen molar-refractivity contribution in [3.63, 3.8) is 0 Å². The van der Waals surface area contributed by atoms with Crippen LogP contribution in [0.2, 0.25) is 0 Å². The van der Waals surface area contributed by atoms with Gasteiger partial charge in [0.05, 0.1) is 6.61 Å². The Labute approximate surface area is 115 Å². The molecule has 1 atom stereocenters. The highest BCUT2D eigenvalue weighted by atomic mass is 16.5. The van der Waals surface area contributed by atoms with Gasteiger partial charge in [0, 0.05) is 25.4 Å². The molecule has 0 aliphatic rings. The molecule has 0 heterocycles. The molecule has 19 heavy (non-hydrogen) atoms. The van der Waals surface area contributed by atoms with Crippen molar-refractivity contribution < 1.29 is 4.74 Å². The minimum absolute atomic E-state index is 0.371. The lowest BCUT2D eigenvalue weighted by molar-refractivity contribution is 0.112. The van der Waals surface area contributed by atoms with Crippen molar-refractivity contribution in [2.75, 3.05) is 26.5 Å². The molecule has 2 N–H and O–H groups in total. The lowest BCUT2D eigenvalue weighted by Gasteiger charge is -2.24. The van der Waals surface area contributed by atoms with E-state index in [9.17, 15) is 0 Å². The van der Waals surface area contributed by atoms with Crippen LogP contribution in [-0.4, -0.2) is 31.7 Å². The second-order valence-electron chi connectivity index (χ2n) is 5.12. The van der Waals surface area contributed by atoms with E-state index >= 15 is 0 Å². The number of anilines is 1. The number of nitrogen functional groups attached to an aromatic ring is 1. The molecule has 0 saturated carbocycles. The Morgan fingerprint density at radius 1 is 1.21 bits per heavy atom. The summed E-state index contributed by atoms with van der Waals surface area (Å²) >= 11 is 0. The fourth-order valence-electron chi connectivity index (χ4n) is 2.23. The van der Waals surface area contributed by atoms with Gasteiger partial charge in [-0.15, -0.1) is 0 Å². The standard InChI is InChI=1S/C16H22N2O/c1-12(11-19-3)18(2)10-15-8-13-6-4-5-7-14(13)9-16(15)17/h4-9,12H,10-11,17H2,1-3H3. The van der Waals surface area contributed by atoms with E-state index in [4.69, 9.17) is 10.5 Å². The van der Waals surface area contributed by atoms with Crippen LogP contribution in [0.15, 0.2) is 36.4 Å². The van der Waals surface area contributed by atoms with E-state index < -0.39 is 0 Å². The lowest BCUT2D eigenvalue weighted by Crippen LogP contribution is -2.32. The van der Waals surface area contributed by atoms with Crippen LogP contribution in [0, 0.1) is 0 Å². The van der Waals surface area contributed by atoms with E-state index in [1.54, 1.807) is 7.11 Å². The molecule has 2 aromatic carbocycles. The highest BCUT2D eigenvalue weighted by Crippen LogP contribution is 2.23. The van der Waals surface area contributed by atoms with E-state index in [2.05, 4.69) is 49.2 Å². The number of nitrogens with zero attached hydrogens (tertiary/aromatic N) is 1. The van der Waals surface area contributed by atoms with Gasteiger partial charge in [0.15, 0.2) is 0 Å². The summed E-state index contributed by atoms with van der Waals surface area (Å²) in [5.74, 6) is 0. The predicted octanol–water partition coefficient (Wildman–Crippen LogP) is 2.89. The van der Waals surface area contributed by atoms with Crippen LogP contribution in [0.3, 0.4) is 0 Å². The SMILES string of the molecule is COCC(C)N(C)Cc1cc2ccccc2cc1N. The number of ether oxygens (including phenoxy) is 1. The van der Waals surface area contributed by atoms with E-state index in [1.165, 1.54) is 16.3 Å². The van der Waals surface area contributed by atoms with Gasteiger partial charge in [-0.05, 0) is 42.4 Å². The van der Waals surface area contributed by atoms with E-state index in [0.29, 0.717) is 6.04 Å². The maximum absolute atomic E-state index is 6.15. The molecule has 3 heteroatoms. The van der Waals surface area contributed by atoms with Crippen molar-refractivity contribution in [1.29, 1.82) is 0 Å². The van der Waals surface area contributed by atoms with Crippen LogP contribution in [0.4, 0.5) is 5.69 Å². The molecule has 2 aromatic rings. The lowest BCUT2D eigenvalue weighted by atomic mass is 10.0. The summed E-state index contributed by atoms with van der Waals surface area (Å²) < 4.78 is 5.19. The smallest absolute Gasteiger partial charge is 0.0615 e. The summed E-state index contributed by atoms with van der Waals surface area (Å²) in [6.45, 7) is 3.71. The van der Waals surface area contributed by atoms with Crippen molar-refractivity contribution in [3.05, 3.63) is 42.0 Å². The molecule has 0 amide bonds. The molecule has 0 aromatic heterocycles. The maximum Gasteiger partial charge on any atom is 0.0615 e. The molecule has 3 nitrogen and oxygen atoms in total. The number of rotatable bonds is 5. The molecule has 0 fully saturated rings. The van der Waals surface area contributed by atoms with Gasteiger partial charge in [-0.3, -0.25) is 4.90 Å². The third-order valence-electron chi connectivity index (χ3n) is 3.59. The van der Waals surface area contributed by atoms with Crippen LogP contribution >= 0.6 is 0 Å². The summed E-state index contributed by atoms with van der Waals surface area (Å²) in [7, 11) is 3.83. The Morgan fingerprint density at radius 2 is 1.84 bits per heavy atom. The van der Waals surface area contributed by atoms with Crippen LogP contribution in [0.25, 0.3) is 10.8 Å². The fraction of sp³-hybridized carbons (Fsp3) is 0.375. The largest absolute Gasteiger partial charge is 0.398 e. The van der Waals surface area contributed by atoms with Gasteiger partial charge < -0.3 is 10.5 Å². The first-order valence-electron chi connectivity index (χ1n) is 6.58. The van der Waals surface area contributed by atoms with Gasteiger partial charge in [-0.2, -0.15) is 0 Å². The van der Waals surface area contributed by atoms with Crippen LogP contribution < -0.4 is 5.73 Å². The average Bonchev–Trinajstić information content (AvgIpc) is 2.39. The first kappa shape index (κ1) is 13.8. The molecule has 1 unspecified atom stereocenters. The number of fused-ring (bicyclic) bond motifs is 1. The van der Waals surface area contributed by atoms with E-state index in [-0.39, 0.29) is 0 Å². The number of benzene rings is 2. The minimum atomic E-state index is 0.371. The fourth-order valence-corrected chi connectivity index (χ4v) is 2.23. The first-order chi connectivity index (χ1) is 9.11. The zero-order valence-electron chi connectivity index (χ0n) is 11.9. The Hall–Kier alpha value is -1.58. The molecule has 0 saturated heterocycles. The molecule has 0 radical (unpaired) electrons. The molecule has 0 aliphatic carbocycles. The Bertz CT molecular complexity index is 553. The monoisotopic (exact) mass is 258 g/mol. The summed E-state index contributed by atoms with van der Waals surface area (Å²) in [4.78, 5) is 2.25. The average molecular weight is 258 g/mol. The van der Waals surface area contributed by atoms with E-state index in [0.717, 1.165) is 18.8 Å². The highest BCUT2D eigenvalue weighted by Gasteiger charge is 2.11. The minimum Gasteiger partial charge on any atom is -0.398 e. The zero-order valence-corrected chi connectivity index (χ0v) is 11.9. The van der Waals surface area contributed by atoms with Gasteiger partial charge >= 0.3 is 0 Å². The topological polar surface area (TPSA) is 38.5 Å². The number of methoxy groups -OCH3 is 1. The van der Waals surface area contributed by atoms with Crippen molar-refractivity contribution in [2.24, 2.45) is 0 Å². The summed E-state index contributed by atoms with van der Waals surface area (Å²) in [5.41, 5.74) is 8.18. The molecular formula is C16H22N2O. The molecule has 102 valence electrons. The molecule has 0 aliphatic heterocycles. The maximum atomic E-state index is 6.15. The number of likely N-dealkylation sites (N-methyl/N-ethyl adjacent to an activating group) is 1. The molecule has 0 bridgehead atoms. The predicted molar refractivity (Wildman–Crippen MR) is 81.2 cm³/mol. The number of hydrogen-bond donors (Lipinski definition) is 1. The molecular weight excluding hydrogens is 236 g/mol. The summed E-state index contributed by atoms with van der Waals surface area (Å²) in [5, 5.41) is 2.43. The van der Waals surface area contributed by atoms with Gasteiger partial charge in [0.1, 0.15) is 0 Å². The third-order valence-corrected chi connectivity index (χ3v) is 3.59. The van der Waals surface area contributed by atoms with Crippen LogP contribution in [0.5, 0.6) is 0 Å². The number of hydrogen-bond acceptors (Lipinski definition) is 3. The Kier molecular flexibility index (Phi) is 4.40. The normalized spacial score (nSPS) is 13.1. The highest BCUT2D eigenvalue weighted by molar-refractivity contribution is 5.86. The van der Waals surface area contributed by atoms with Gasteiger partial charge in [0.25, 0.3) is 0 Å². The Morgan fingerprint density at radius 3 is 2.47 bits per heavy atom. The second kappa shape index (κ2) is 6.04. The summed E-state index contributed by atoms with van der Waals surface area (Å²) in [6.07, 6.45) is 0. The second-order valence-corrected chi connectivity index (χ2v) is 5.12. The summed E-state index contributed by atoms with van der Waals surface area (Å²) in [6, 6.07) is 12.9.